The zero-order valence-electron chi connectivity index (χ0n) is 14.2. The normalized spacial score (nSPS) is 13.1. The number of hydrogen-bond donors (Lipinski definition) is 1. The molecular weight excluding hydrogens is 262 g/mol. The molecule has 1 atom stereocenters. The van der Waals surface area contributed by atoms with Gasteiger partial charge in [0.15, 0.2) is 6.10 Å². The lowest BCUT2D eigenvalue weighted by Crippen LogP contribution is -2.42. The maximum Gasteiger partial charge on any atom is 0.260 e. The van der Waals surface area contributed by atoms with Crippen molar-refractivity contribution in [3.8, 4) is 5.75 Å². The molecule has 0 aliphatic heterocycles. The van der Waals surface area contributed by atoms with E-state index in [0.29, 0.717) is 0 Å². The van der Waals surface area contributed by atoms with Crippen LogP contribution >= 0.6 is 0 Å². The number of carbonyl (C=O) groups excluding carboxylic acids is 1. The number of rotatable bonds is 6. The molecule has 1 aromatic rings. The van der Waals surface area contributed by atoms with Crippen LogP contribution in [0, 0.1) is 0 Å². The lowest BCUT2D eigenvalue weighted by Gasteiger charge is -2.25. The van der Waals surface area contributed by atoms with Crippen molar-refractivity contribution in [1.29, 1.82) is 0 Å². The standard InChI is InChI=1S/C18H29NO2/c1-7-14(8-2)19-17(20)13(3)21-16-12-10-9-11-15(16)18(4,5)6/h9-14H,7-8H2,1-6H3,(H,19,20). The Kier molecular flexibility index (Phi) is 6.25. The molecule has 21 heavy (non-hydrogen) atoms. The van der Waals surface area contributed by atoms with E-state index < -0.39 is 6.10 Å². The van der Waals surface area contributed by atoms with Gasteiger partial charge in [-0.1, -0.05) is 52.8 Å². The summed E-state index contributed by atoms with van der Waals surface area (Å²) in [4.78, 5) is 12.2. The second-order valence-corrected chi connectivity index (χ2v) is 6.53. The molecule has 1 unspecified atom stereocenters. The Bertz CT molecular complexity index is 459. The minimum Gasteiger partial charge on any atom is -0.481 e. The van der Waals surface area contributed by atoms with Gasteiger partial charge in [0.2, 0.25) is 0 Å². The average molecular weight is 291 g/mol. The Labute approximate surface area is 129 Å². The van der Waals surface area contributed by atoms with Crippen molar-refractivity contribution in [3.05, 3.63) is 29.8 Å². The van der Waals surface area contributed by atoms with Crippen LogP contribution in [0.4, 0.5) is 0 Å². The van der Waals surface area contributed by atoms with Gasteiger partial charge in [0.25, 0.3) is 5.91 Å². The van der Waals surface area contributed by atoms with Gasteiger partial charge in [0, 0.05) is 6.04 Å². The monoisotopic (exact) mass is 291 g/mol. The molecule has 0 heterocycles. The Hall–Kier alpha value is -1.51. The van der Waals surface area contributed by atoms with E-state index in [2.05, 4.69) is 46.0 Å². The van der Waals surface area contributed by atoms with Crippen LogP contribution in [0.15, 0.2) is 24.3 Å². The number of hydrogen-bond acceptors (Lipinski definition) is 2. The molecule has 118 valence electrons. The number of para-hydroxylation sites is 1. The van der Waals surface area contributed by atoms with E-state index >= 15 is 0 Å². The minimum absolute atomic E-state index is 0.0117. The summed E-state index contributed by atoms with van der Waals surface area (Å²) in [5, 5.41) is 3.03. The molecule has 0 aliphatic carbocycles. The second-order valence-electron chi connectivity index (χ2n) is 6.53. The Morgan fingerprint density at radius 2 is 1.76 bits per heavy atom. The molecule has 0 spiro atoms. The third kappa shape index (κ3) is 5.07. The highest BCUT2D eigenvalue weighted by molar-refractivity contribution is 5.81. The number of amides is 1. The summed E-state index contributed by atoms with van der Waals surface area (Å²) in [7, 11) is 0. The highest BCUT2D eigenvalue weighted by Crippen LogP contribution is 2.31. The van der Waals surface area contributed by atoms with E-state index in [1.807, 2.05) is 18.2 Å². The van der Waals surface area contributed by atoms with E-state index in [-0.39, 0.29) is 17.4 Å². The lowest BCUT2D eigenvalue weighted by atomic mass is 9.86. The summed E-state index contributed by atoms with van der Waals surface area (Å²) in [5.41, 5.74) is 1.11. The molecule has 0 saturated heterocycles. The quantitative estimate of drug-likeness (QED) is 0.858. The number of benzene rings is 1. The predicted octanol–water partition coefficient (Wildman–Crippen LogP) is 4.06. The van der Waals surface area contributed by atoms with Gasteiger partial charge in [-0.05, 0) is 36.8 Å². The molecule has 0 saturated carbocycles. The van der Waals surface area contributed by atoms with Crippen molar-refractivity contribution in [2.75, 3.05) is 0 Å². The van der Waals surface area contributed by atoms with Crippen molar-refractivity contribution in [2.24, 2.45) is 0 Å². The van der Waals surface area contributed by atoms with Gasteiger partial charge in [0.1, 0.15) is 5.75 Å². The molecule has 0 radical (unpaired) electrons. The number of carbonyl (C=O) groups is 1. The van der Waals surface area contributed by atoms with Crippen LogP contribution in [-0.4, -0.2) is 18.1 Å². The highest BCUT2D eigenvalue weighted by atomic mass is 16.5. The molecular formula is C18H29NO2. The third-order valence-corrected chi connectivity index (χ3v) is 3.70. The van der Waals surface area contributed by atoms with E-state index in [9.17, 15) is 4.79 Å². The van der Waals surface area contributed by atoms with Crippen LogP contribution in [0.5, 0.6) is 5.75 Å². The van der Waals surface area contributed by atoms with Gasteiger partial charge in [0.05, 0.1) is 0 Å². The fraction of sp³-hybridized carbons (Fsp3) is 0.611. The first-order valence-corrected chi connectivity index (χ1v) is 7.86. The van der Waals surface area contributed by atoms with E-state index in [1.165, 1.54) is 0 Å². The van der Waals surface area contributed by atoms with Gasteiger partial charge >= 0.3 is 0 Å². The van der Waals surface area contributed by atoms with Crippen LogP contribution in [0.25, 0.3) is 0 Å². The zero-order valence-corrected chi connectivity index (χ0v) is 14.2. The largest absolute Gasteiger partial charge is 0.481 e. The summed E-state index contributed by atoms with van der Waals surface area (Å²) < 4.78 is 5.91. The summed E-state index contributed by atoms with van der Waals surface area (Å²) >= 11 is 0. The molecule has 0 aliphatic rings. The van der Waals surface area contributed by atoms with E-state index in [4.69, 9.17) is 4.74 Å². The Balaban J connectivity index is 2.80. The van der Waals surface area contributed by atoms with Gasteiger partial charge < -0.3 is 10.1 Å². The molecule has 1 amide bonds. The number of ether oxygens (including phenoxy) is 1. The Morgan fingerprint density at radius 1 is 1.19 bits per heavy atom. The molecule has 3 heteroatoms. The topological polar surface area (TPSA) is 38.3 Å². The van der Waals surface area contributed by atoms with Crippen molar-refractivity contribution in [2.45, 2.75) is 71.9 Å². The summed E-state index contributed by atoms with van der Waals surface area (Å²) in [6.45, 7) is 12.4. The first kappa shape index (κ1) is 17.5. The molecule has 0 fully saturated rings. The fourth-order valence-electron chi connectivity index (χ4n) is 2.24. The summed E-state index contributed by atoms with van der Waals surface area (Å²) in [5.74, 6) is 0.740. The van der Waals surface area contributed by atoms with Crippen LogP contribution in [0.2, 0.25) is 0 Å². The molecule has 3 nitrogen and oxygen atoms in total. The van der Waals surface area contributed by atoms with Gasteiger partial charge in [-0.3, -0.25) is 4.79 Å². The third-order valence-electron chi connectivity index (χ3n) is 3.70. The zero-order chi connectivity index (χ0) is 16.0. The molecule has 0 bridgehead atoms. The fourth-order valence-corrected chi connectivity index (χ4v) is 2.24. The van der Waals surface area contributed by atoms with E-state index in [1.54, 1.807) is 6.92 Å². The summed E-state index contributed by atoms with van der Waals surface area (Å²) in [6.07, 6.45) is 1.38. The maximum atomic E-state index is 12.2. The van der Waals surface area contributed by atoms with Crippen molar-refractivity contribution in [1.82, 2.24) is 5.32 Å². The molecule has 1 rings (SSSR count). The second kappa shape index (κ2) is 7.48. The Morgan fingerprint density at radius 3 is 2.29 bits per heavy atom. The van der Waals surface area contributed by atoms with Crippen molar-refractivity contribution >= 4 is 5.91 Å². The van der Waals surface area contributed by atoms with Crippen LogP contribution in [0.3, 0.4) is 0 Å². The molecule has 0 aromatic heterocycles. The van der Waals surface area contributed by atoms with Crippen LogP contribution in [0.1, 0.15) is 59.9 Å². The average Bonchev–Trinajstić information content (AvgIpc) is 2.43. The number of nitrogens with one attached hydrogen (secondary N) is 1. The first-order chi connectivity index (χ1) is 9.79. The minimum atomic E-state index is -0.492. The van der Waals surface area contributed by atoms with Gasteiger partial charge in [-0.15, -0.1) is 0 Å². The van der Waals surface area contributed by atoms with Crippen LogP contribution in [-0.2, 0) is 10.2 Å². The molecule has 1 aromatic carbocycles. The SMILES string of the molecule is CCC(CC)NC(=O)C(C)Oc1ccccc1C(C)(C)C. The van der Waals surface area contributed by atoms with Crippen molar-refractivity contribution < 1.29 is 9.53 Å². The highest BCUT2D eigenvalue weighted by Gasteiger charge is 2.22. The summed E-state index contributed by atoms with van der Waals surface area (Å²) in [6, 6.07) is 8.15. The van der Waals surface area contributed by atoms with E-state index in [0.717, 1.165) is 24.2 Å². The van der Waals surface area contributed by atoms with Gasteiger partial charge in [-0.25, -0.2) is 0 Å². The van der Waals surface area contributed by atoms with Crippen LogP contribution < -0.4 is 10.1 Å². The predicted molar refractivity (Wildman–Crippen MR) is 87.7 cm³/mol. The maximum absolute atomic E-state index is 12.2. The first-order valence-electron chi connectivity index (χ1n) is 7.86. The molecule has 1 N–H and O–H groups in total. The smallest absolute Gasteiger partial charge is 0.260 e. The lowest BCUT2D eigenvalue weighted by molar-refractivity contribution is -0.128. The van der Waals surface area contributed by atoms with Gasteiger partial charge in [-0.2, -0.15) is 0 Å². The van der Waals surface area contributed by atoms with Crippen molar-refractivity contribution in [3.63, 3.8) is 0 Å².